The molecule has 2 amide bonds. The summed E-state index contributed by atoms with van der Waals surface area (Å²) in [5, 5.41) is 2.58. The lowest BCUT2D eigenvalue weighted by Crippen LogP contribution is -2.48. The van der Waals surface area contributed by atoms with Gasteiger partial charge in [-0.3, -0.25) is 9.59 Å². The van der Waals surface area contributed by atoms with Gasteiger partial charge in [0.1, 0.15) is 17.5 Å². The highest BCUT2D eigenvalue weighted by Gasteiger charge is 2.25. The average Bonchev–Trinajstić information content (AvgIpc) is 2.70. The molecule has 2 aromatic carbocycles. The molecule has 0 aliphatic heterocycles. The van der Waals surface area contributed by atoms with E-state index in [1.807, 2.05) is 42.5 Å². The Balaban J connectivity index is 2.14. The van der Waals surface area contributed by atoms with E-state index < -0.39 is 6.04 Å². The molecule has 0 aliphatic carbocycles. The molecule has 0 heterocycles. The second kappa shape index (κ2) is 9.46. The van der Waals surface area contributed by atoms with Crippen molar-refractivity contribution in [2.75, 3.05) is 20.8 Å². The maximum atomic E-state index is 12.7. The lowest BCUT2D eigenvalue weighted by atomic mass is 10.1. The summed E-state index contributed by atoms with van der Waals surface area (Å²) in [5.41, 5.74) is 0.869. The molecule has 138 valence electrons. The zero-order valence-corrected chi connectivity index (χ0v) is 15.3. The van der Waals surface area contributed by atoms with Gasteiger partial charge in [0.25, 0.3) is 5.91 Å². The number of carbonyl (C=O) groups is 2. The number of nitrogens with zero attached hydrogens (tertiary/aromatic N) is 1. The highest BCUT2D eigenvalue weighted by Crippen LogP contribution is 2.16. The van der Waals surface area contributed by atoms with Crippen molar-refractivity contribution in [3.63, 3.8) is 0 Å². The third-order valence-corrected chi connectivity index (χ3v) is 4.01. The first kappa shape index (κ1) is 19.3. The van der Waals surface area contributed by atoms with Crippen LogP contribution in [-0.4, -0.2) is 43.5 Å². The summed E-state index contributed by atoms with van der Waals surface area (Å²) in [7, 11) is 3.14. The van der Waals surface area contributed by atoms with Gasteiger partial charge in [-0.1, -0.05) is 30.3 Å². The number of likely N-dealkylation sites (N-methyl/N-ethyl adjacent to an activating group) is 1. The van der Waals surface area contributed by atoms with Gasteiger partial charge in [0.05, 0.1) is 7.11 Å². The number of para-hydroxylation sites is 1. The normalized spacial score (nSPS) is 11.3. The van der Waals surface area contributed by atoms with E-state index in [1.165, 1.54) is 4.90 Å². The second-order valence-electron chi connectivity index (χ2n) is 5.77. The van der Waals surface area contributed by atoms with Crippen LogP contribution in [0.15, 0.2) is 54.6 Å². The molecule has 0 unspecified atom stereocenters. The van der Waals surface area contributed by atoms with Gasteiger partial charge in [0, 0.05) is 13.6 Å². The second-order valence-corrected chi connectivity index (χ2v) is 5.77. The Bertz CT molecular complexity index is 734. The Hall–Kier alpha value is -3.02. The van der Waals surface area contributed by atoms with Crippen LogP contribution < -0.4 is 14.8 Å². The number of nitrogens with one attached hydrogen (secondary N) is 1. The molecule has 6 nitrogen and oxygen atoms in total. The molecule has 0 aliphatic rings. The van der Waals surface area contributed by atoms with Crippen molar-refractivity contribution in [2.24, 2.45) is 0 Å². The lowest BCUT2D eigenvalue weighted by Gasteiger charge is -2.28. The number of hydrogen-bond acceptors (Lipinski definition) is 4. The van der Waals surface area contributed by atoms with E-state index in [0.717, 1.165) is 5.56 Å². The predicted molar refractivity (Wildman–Crippen MR) is 99.0 cm³/mol. The summed E-state index contributed by atoms with van der Waals surface area (Å²) in [5.74, 6) is 0.798. The Morgan fingerprint density at radius 1 is 1.08 bits per heavy atom. The SMILES string of the molecule is CNC(=O)[C@@H](C)N(Cc1cccc(OC)c1)C(=O)COc1ccccc1. The molecular formula is C20H24N2O4. The topological polar surface area (TPSA) is 67.9 Å². The van der Waals surface area contributed by atoms with Gasteiger partial charge in [-0.25, -0.2) is 0 Å². The molecular weight excluding hydrogens is 332 g/mol. The number of hydrogen-bond donors (Lipinski definition) is 1. The summed E-state index contributed by atoms with van der Waals surface area (Å²) >= 11 is 0. The third-order valence-electron chi connectivity index (χ3n) is 4.01. The zero-order valence-electron chi connectivity index (χ0n) is 15.3. The zero-order chi connectivity index (χ0) is 18.9. The quantitative estimate of drug-likeness (QED) is 0.788. The van der Waals surface area contributed by atoms with Crippen molar-refractivity contribution >= 4 is 11.8 Å². The van der Waals surface area contributed by atoms with E-state index in [4.69, 9.17) is 9.47 Å². The summed E-state index contributed by atoms with van der Waals surface area (Å²) in [4.78, 5) is 26.3. The average molecular weight is 356 g/mol. The molecule has 0 spiro atoms. The van der Waals surface area contributed by atoms with E-state index in [1.54, 1.807) is 33.2 Å². The number of benzene rings is 2. The van der Waals surface area contributed by atoms with Crippen molar-refractivity contribution in [3.8, 4) is 11.5 Å². The van der Waals surface area contributed by atoms with Gasteiger partial charge in [-0.05, 0) is 36.8 Å². The van der Waals surface area contributed by atoms with E-state index in [0.29, 0.717) is 11.5 Å². The molecule has 0 saturated carbocycles. The smallest absolute Gasteiger partial charge is 0.261 e. The first-order chi connectivity index (χ1) is 12.5. The van der Waals surface area contributed by atoms with Crippen LogP contribution in [0.3, 0.4) is 0 Å². The van der Waals surface area contributed by atoms with Gasteiger partial charge in [0.15, 0.2) is 6.61 Å². The Morgan fingerprint density at radius 2 is 1.77 bits per heavy atom. The van der Waals surface area contributed by atoms with Crippen LogP contribution in [0.5, 0.6) is 11.5 Å². The van der Waals surface area contributed by atoms with Crippen molar-refractivity contribution in [1.82, 2.24) is 10.2 Å². The summed E-state index contributed by atoms with van der Waals surface area (Å²) in [6.07, 6.45) is 0. The summed E-state index contributed by atoms with van der Waals surface area (Å²) in [6.45, 7) is 1.83. The standard InChI is InChI=1S/C20H24N2O4/c1-15(20(24)21-2)22(13-16-8-7-11-18(12-16)25-3)19(23)14-26-17-9-5-4-6-10-17/h4-12,15H,13-14H2,1-3H3,(H,21,24)/t15-/m1/s1. The molecule has 2 rings (SSSR count). The van der Waals surface area contributed by atoms with E-state index >= 15 is 0 Å². The minimum atomic E-state index is -0.627. The molecule has 1 atom stereocenters. The Labute approximate surface area is 153 Å². The van der Waals surface area contributed by atoms with Crippen LogP contribution in [-0.2, 0) is 16.1 Å². The minimum Gasteiger partial charge on any atom is -0.497 e. The fourth-order valence-corrected chi connectivity index (χ4v) is 2.50. The summed E-state index contributed by atoms with van der Waals surface area (Å²) in [6, 6.07) is 15.9. The molecule has 0 radical (unpaired) electrons. The predicted octanol–water partition coefficient (Wildman–Crippen LogP) is 2.24. The van der Waals surface area contributed by atoms with Crippen LogP contribution >= 0.6 is 0 Å². The molecule has 1 N–H and O–H groups in total. The van der Waals surface area contributed by atoms with E-state index in [2.05, 4.69) is 5.32 Å². The Morgan fingerprint density at radius 3 is 2.42 bits per heavy atom. The maximum absolute atomic E-state index is 12.7. The number of ether oxygens (including phenoxy) is 2. The van der Waals surface area contributed by atoms with Crippen LogP contribution in [0, 0.1) is 0 Å². The number of amides is 2. The fraction of sp³-hybridized carbons (Fsp3) is 0.300. The van der Waals surface area contributed by atoms with E-state index in [9.17, 15) is 9.59 Å². The number of methoxy groups -OCH3 is 1. The maximum Gasteiger partial charge on any atom is 0.261 e. The lowest BCUT2D eigenvalue weighted by molar-refractivity contribution is -0.142. The van der Waals surface area contributed by atoms with Crippen LogP contribution in [0.2, 0.25) is 0 Å². The Kier molecular flexibility index (Phi) is 7.02. The molecule has 0 fully saturated rings. The molecule has 0 aromatic heterocycles. The largest absolute Gasteiger partial charge is 0.497 e. The molecule has 6 heteroatoms. The molecule has 2 aromatic rings. The van der Waals surface area contributed by atoms with Crippen molar-refractivity contribution < 1.29 is 19.1 Å². The highest BCUT2D eigenvalue weighted by atomic mass is 16.5. The van der Waals surface area contributed by atoms with Crippen LogP contribution in [0.25, 0.3) is 0 Å². The number of carbonyl (C=O) groups excluding carboxylic acids is 2. The summed E-state index contributed by atoms with van der Waals surface area (Å²) < 4.78 is 10.8. The van der Waals surface area contributed by atoms with Gasteiger partial charge in [-0.15, -0.1) is 0 Å². The highest BCUT2D eigenvalue weighted by molar-refractivity contribution is 5.87. The molecule has 0 saturated heterocycles. The fourth-order valence-electron chi connectivity index (χ4n) is 2.50. The van der Waals surface area contributed by atoms with Crippen molar-refractivity contribution in [2.45, 2.75) is 19.5 Å². The third kappa shape index (κ3) is 5.24. The van der Waals surface area contributed by atoms with Gasteiger partial charge < -0.3 is 19.7 Å². The van der Waals surface area contributed by atoms with Crippen LogP contribution in [0.4, 0.5) is 0 Å². The first-order valence-electron chi connectivity index (χ1n) is 8.37. The molecule has 26 heavy (non-hydrogen) atoms. The van der Waals surface area contributed by atoms with Crippen LogP contribution in [0.1, 0.15) is 12.5 Å². The monoisotopic (exact) mass is 356 g/mol. The van der Waals surface area contributed by atoms with E-state index in [-0.39, 0.29) is 25.0 Å². The number of rotatable bonds is 8. The first-order valence-corrected chi connectivity index (χ1v) is 8.37. The van der Waals surface area contributed by atoms with Gasteiger partial charge in [-0.2, -0.15) is 0 Å². The minimum absolute atomic E-state index is 0.144. The van der Waals surface area contributed by atoms with Crippen molar-refractivity contribution in [3.05, 3.63) is 60.2 Å². The van der Waals surface area contributed by atoms with Gasteiger partial charge >= 0.3 is 0 Å². The van der Waals surface area contributed by atoms with Crippen molar-refractivity contribution in [1.29, 1.82) is 0 Å². The van der Waals surface area contributed by atoms with Gasteiger partial charge in [0.2, 0.25) is 5.91 Å². The molecule has 0 bridgehead atoms.